The number of nitrogens with two attached hydrogens (primary N) is 1. The number of anilines is 2. The standard InChI is InChI=1S/C21H31N3O2/c1-2-3-4-5-6-7-8-9-10-15-18(25)24-19-20(26)16-13-11-12-14-17(16)23-21(19)22/h11-14H,2-10,15H2,1H3,(H,24,25)(H3,22,23,26). The summed E-state index contributed by atoms with van der Waals surface area (Å²) in [6.07, 6.45) is 11.3. The summed E-state index contributed by atoms with van der Waals surface area (Å²) in [6.45, 7) is 2.23. The number of fused-ring (bicyclic) bond motifs is 1. The molecule has 1 amide bonds. The Bertz CT molecular complexity index is 767. The van der Waals surface area contributed by atoms with Gasteiger partial charge in [-0.3, -0.25) is 9.59 Å². The number of hydrogen-bond donors (Lipinski definition) is 3. The molecule has 5 nitrogen and oxygen atoms in total. The van der Waals surface area contributed by atoms with Gasteiger partial charge in [-0.1, -0.05) is 70.4 Å². The number of nitrogens with one attached hydrogen (secondary N) is 2. The Hall–Kier alpha value is -2.30. The molecule has 0 saturated heterocycles. The van der Waals surface area contributed by atoms with Crippen molar-refractivity contribution in [2.24, 2.45) is 0 Å². The van der Waals surface area contributed by atoms with Crippen LogP contribution in [0.2, 0.25) is 0 Å². The van der Waals surface area contributed by atoms with Gasteiger partial charge in [0.05, 0.1) is 5.52 Å². The minimum absolute atomic E-state index is 0.152. The van der Waals surface area contributed by atoms with Crippen molar-refractivity contribution in [3.63, 3.8) is 0 Å². The van der Waals surface area contributed by atoms with Crippen molar-refractivity contribution in [3.8, 4) is 0 Å². The highest BCUT2D eigenvalue weighted by Gasteiger charge is 2.12. The van der Waals surface area contributed by atoms with Gasteiger partial charge in [-0.2, -0.15) is 0 Å². The molecule has 0 aliphatic carbocycles. The smallest absolute Gasteiger partial charge is 0.224 e. The van der Waals surface area contributed by atoms with Crippen LogP contribution in [0.25, 0.3) is 10.9 Å². The van der Waals surface area contributed by atoms with Gasteiger partial charge in [-0.25, -0.2) is 0 Å². The van der Waals surface area contributed by atoms with Gasteiger partial charge < -0.3 is 16.0 Å². The van der Waals surface area contributed by atoms with Crippen molar-refractivity contribution in [1.82, 2.24) is 4.98 Å². The molecule has 0 radical (unpaired) electrons. The molecule has 0 unspecified atom stereocenters. The highest BCUT2D eigenvalue weighted by Crippen LogP contribution is 2.17. The van der Waals surface area contributed by atoms with Crippen LogP contribution in [0.1, 0.15) is 71.1 Å². The fraction of sp³-hybridized carbons (Fsp3) is 0.524. The molecule has 0 fully saturated rings. The molecule has 1 heterocycles. The van der Waals surface area contributed by atoms with Crippen LogP contribution in [-0.4, -0.2) is 10.9 Å². The van der Waals surface area contributed by atoms with E-state index in [1.54, 1.807) is 18.2 Å². The lowest BCUT2D eigenvalue weighted by Crippen LogP contribution is -2.20. The Morgan fingerprint density at radius 2 is 1.62 bits per heavy atom. The van der Waals surface area contributed by atoms with Crippen LogP contribution in [0, 0.1) is 0 Å². The van der Waals surface area contributed by atoms with E-state index < -0.39 is 0 Å². The van der Waals surface area contributed by atoms with E-state index in [-0.39, 0.29) is 22.8 Å². The van der Waals surface area contributed by atoms with Crippen LogP contribution in [0.3, 0.4) is 0 Å². The van der Waals surface area contributed by atoms with Gasteiger partial charge in [0.25, 0.3) is 0 Å². The monoisotopic (exact) mass is 357 g/mol. The highest BCUT2D eigenvalue weighted by molar-refractivity contribution is 5.96. The van der Waals surface area contributed by atoms with Crippen molar-refractivity contribution in [3.05, 3.63) is 34.5 Å². The van der Waals surface area contributed by atoms with Crippen LogP contribution in [0.4, 0.5) is 11.5 Å². The second kappa shape index (κ2) is 10.6. The molecule has 5 heteroatoms. The second-order valence-electron chi connectivity index (χ2n) is 6.91. The first-order valence-corrected chi connectivity index (χ1v) is 9.83. The van der Waals surface area contributed by atoms with Crippen molar-refractivity contribution < 1.29 is 4.79 Å². The molecule has 26 heavy (non-hydrogen) atoms. The minimum atomic E-state index is -0.239. The zero-order valence-electron chi connectivity index (χ0n) is 15.8. The summed E-state index contributed by atoms with van der Waals surface area (Å²) in [5, 5.41) is 3.22. The molecule has 2 aromatic rings. The zero-order chi connectivity index (χ0) is 18.8. The lowest BCUT2D eigenvalue weighted by Gasteiger charge is -2.09. The molecule has 0 spiro atoms. The van der Waals surface area contributed by atoms with Crippen molar-refractivity contribution in [2.45, 2.75) is 71.1 Å². The van der Waals surface area contributed by atoms with Gasteiger partial charge in [0, 0.05) is 11.8 Å². The third-order valence-electron chi connectivity index (χ3n) is 4.71. The lowest BCUT2D eigenvalue weighted by atomic mass is 10.1. The molecule has 2 rings (SSSR count). The number of H-pyrrole nitrogens is 1. The number of amides is 1. The Morgan fingerprint density at radius 3 is 2.31 bits per heavy atom. The molecule has 1 aromatic heterocycles. The third-order valence-corrected chi connectivity index (χ3v) is 4.71. The maximum absolute atomic E-state index is 12.5. The Balaban J connectivity index is 1.75. The van der Waals surface area contributed by atoms with Gasteiger partial charge in [-0.15, -0.1) is 0 Å². The zero-order valence-corrected chi connectivity index (χ0v) is 15.8. The highest BCUT2D eigenvalue weighted by atomic mass is 16.2. The first-order chi connectivity index (χ1) is 12.6. The van der Waals surface area contributed by atoms with E-state index >= 15 is 0 Å². The number of aromatic amines is 1. The predicted molar refractivity (Wildman–Crippen MR) is 109 cm³/mol. The van der Waals surface area contributed by atoms with E-state index in [1.165, 1.54) is 38.5 Å². The number of carbonyl (C=O) groups is 1. The van der Waals surface area contributed by atoms with E-state index in [9.17, 15) is 9.59 Å². The number of nitrogen functional groups attached to an aromatic ring is 1. The van der Waals surface area contributed by atoms with Gasteiger partial charge in [0.2, 0.25) is 11.3 Å². The summed E-state index contributed by atoms with van der Waals surface area (Å²) < 4.78 is 0. The Kier molecular flexibility index (Phi) is 8.19. The van der Waals surface area contributed by atoms with Gasteiger partial charge in [-0.05, 0) is 18.6 Å². The number of aromatic nitrogens is 1. The molecule has 1 aromatic carbocycles. The van der Waals surface area contributed by atoms with Crippen LogP contribution < -0.4 is 16.5 Å². The Morgan fingerprint density at radius 1 is 1.00 bits per heavy atom. The first-order valence-electron chi connectivity index (χ1n) is 9.83. The quantitative estimate of drug-likeness (QED) is 0.496. The van der Waals surface area contributed by atoms with Crippen molar-refractivity contribution in [1.29, 1.82) is 0 Å². The van der Waals surface area contributed by atoms with Crippen LogP contribution in [-0.2, 0) is 4.79 Å². The maximum Gasteiger partial charge on any atom is 0.224 e. The van der Waals surface area contributed by atoms with E-state index in [1.807, 2.05) is 6.07 Å². The van der Waals surface area contributed by atoms with E-state index in [0.29, 0.717) is 17.3 Å². The maximum atomic E-state index is 12.5. The average molecular weight is 357 g/mol. The van der Waals surface area contributed by atoms with Crippen LogP contribution in [0.5, 0.6) is 0 Å². The topological polar surface area (TPSA) is 88.0 Å². The fourth-order valence-electron chi connectivity index (χ4n) is 3.18. The number of carbonyl (C=O) groups excluding carboxylic acids is 1. The van der Waals surface area contributed by atoms with Crippen LogP contribution in [0.15, 0.2) is 29.1 Å². The predicted octanol–water partition coefficient (Wildman–Crippen LogP) is 4.97. The Labute approximate surface area is 155 Å². The summed E-state index contributed by atoms with van der Waals surface area (Å²) in [6, 6.07) is 7.14. The number of hydrogen-bond acceptors (Lipinski definition) is 3. The van der Waals surface area contributed by atoms with Crippen molar-refractivity contribution in [2.75, 3.05) is 11.1 Å². The van der Waals surface area contributed by atoms with Gasteiger partial charge in [0.1, 0.15) is 11.5 Å². The molecule has 0 saturated carbocycles. The van der Waals surface area contributed by atoms with E-state index in [2.05, 4.69) is 17.2 Å². The number of pyridine rings is 1. The second-order valence-corrected chi connectivity index (χ2v) is 6.91. The summed E-state index contributed by atoms with van der Waals surface area (Å²) in [7, 11) is 0. The summed E-state index contributed by atoms with van der Waals surface area (Å²) in [5.41, 5.74) is 6.50. The number of rotatable bonds is 11. The third kappa shape index (κ3) is 5.90. The molecule has 0 bridgehead atoms. The first kappa shape index (κ1) is 20.0. The van der Waals surface area contributed by atoms with Gasteiger partial charge in [0.15, 0.2) is 0 Å². The van der Waals surface area contributed by atoms with E-state index in [4.69, 9.17) is 5.73 Å². The summed E-state index contributed by atoms with van der Waals surface area (Å²) in [5.74, 6) is 0.0505. The number of benzene rings is 1. The molecule has 4 N–H and O–H groups in total. The molecule has 142 valence electrons. The average Bonchev–Trinajstić information content (AvgIpc) is 2.64. The fourth-order valence-corrected chi connectivity index (χ4v) is 3.18. The minimum Gasteiger partial charge on any atom is -0.383 e. The number of para-hydroxylation sites is 1. The largest absolute Gasteiger partial charge is 0.383 e. The molecule has 0 aliphatic rings. The van der Waals surface area contributed by atoms with Crippen molar-refractivity contribution >= 4 is 28.3 Å². The molecular formula is C21H31N3O2. The molecule has 0 aliphatic heterocycles. The molecule has 0 atom stereocenters. The van der Waals surface area contributed by atoms with E-state index in [0.717, 1.165) is 19.3 Å². The summed E-state index contributed by atoms with van der Waals surface area (Å²) in [4.78, 5) is 27.6. The SMILES string of the molecule is CCCCCCCCCCCC(=O)Nc1c(N)[nH]c2ccccc2c1=O. The number of unbranched alkanes of at least 4 members (excludes halogenated alkanes) is 8. The normalized spacial score (nSPS) is 11.0. The van der Waals surface area contributed by atoms with Gasteiger partial charge >= 0.3 is 0 Å². The molecular weight excluding hydrogens is 326 g/mol. The summed E-state index contributed by atoms with van der Waals surface area (Å²) >= 11 is 0. The lowest BCUT2D eigenvalue weighted by molar-refractivity contribution is -0.116. The van der Waals surface area contributed by atoms with Crippen LogP contribution >= 0.6 is 0 Å².